The third-order valence-electron chi connectivity index (χ3n) is 1.64. The lowest BCUT2D eigenvalue weighted by Crippen LogP contribution is -2.17. The molecule has 0 radical (unpaired) electrons. The number of pyridine rings is 1. The van der Waals surface area contributed by atoms with Crippen LogP contribution in [0.5, 0.6) is 0 Å². The zero-order chi connectivity index (χ0) is 9.52. The second-order valence-corrected chi connectivity index (χ2v) is 4.31. The van der Waals surface area contributed by atoms with Crippen molar-refractivity contribution in [2.24, 2.45) is 5.73 Å². The number of thioether (sulfide) groups is 1. The standard InChI is InChI=1S/C10H16N2S/c1-9(11)8-13-6-4-10-3-2-5-12-7-10/h2-3,5,7,9H,4,6,8,11H2,1H3. The van der Waals surface area contributed by atoms with E-state index in [0.717, 1.165) is 17.9 Å². The van der Waals surface area contributed by atoms with Gasteiger partial charge in [-0.3, -0.25) is 4.98 Å². The highest BCUT2D eigenvalue weighted by atomic mass is 32.2. The maximum Gasteiger partial charge on any atom is 0.0300 e. The fourth-order valence-electron chi connectivity index (χ4n) is 1.01. The zero-order valence-corrected chi connectivity index (χ0v) is 8.76. The lowest BCUT2D eigenvalue weighted by Gasteiger charge is -2.04. The Kier molecular flexibility index (Phi) is 4.86. The molecule has 0 fully saturated rings. The van der Waals surface area contributed by atoms with E-state index in [1.165, 1.54) is 5.56 Å². The predicted molar refractivity (Wildman–Crippen MR) is 58.9 cm³/mol. The molecule has 2 nitrogen and oxygen atoms in total. The molecule has 1 unspecified atom stereocenters. The van der Waals surface area contributed by atoms with E-state index in [2.05, 4.69) is 11.1 Å². The number of hydrogen-bond donors (Lipinski definition) is 1. The molecule has 0 saturated heterocycles. The quantitative estimate of drug-likeness (QED) is 0.729. The van der Waals surface area contributed by atoms with Crippen LogP contribution in [0.2, 0.25) is 0 Å². The Balaban J connectivity index is 2.13. The normalized spacial score (nSPS) is 12.8. The van der Waals surface area contributed by atoms with Gasteiger partial charge in [0.15, 0.2) is 0 Å². The topological polar surface area (TPSA) is 38.9 Å². The summed E-state index contributed by atoms with van der Waals surface area (Å²) in [5.41, 5.74) is 6.94. The maximum absolute atomic E-state index is 5.64. The van der Waals surface area contributed by atoms with Gasteiger partial charge in [-0.25, -0.2) is 0 Å². The summed E-state index contributed by atoms with van der Waals surface area (Å²) < 4.78 is 0. The van der Waals surface area contributed by atoms with Crippen molar-refractivity contribution < 1.29 is 0 Å². The van der Waals surface area contributed by atoms with Gasteiger partial charge in [-0.15, -0.1) is 0 Å². The van der Waals surface area contributed by atoms with Crippen LogP contribution in [0.4, 0.5) is 0 Å². The summed E-state index contributed by atoms with van der Waals surface area (Å²) in [5.74, 6) is 2.17. The number of nitrogens with zero attached hydrogens (tertiary/aromatic N) is 1. The highest BCUT2D eigenvalue weighted by Crippen LogP contribution is 2.06. The SMILES string of the molecule is CC(N)CSCCc1cccnc1. The molecule has 3 heteroatoms. The first-order chi connectivity index (χ1) is 6.29. The summed E-state index contributed by atoms with van der Waals surface area (Å²) in [6.45, 7) is 2.04. The lowest BCUT2D eigenvalue weighted by molar-refractivity contribution is 0.846. The minimum atomic E-state index is 0.305. The van der Waals surface area contributed by atoms with Crippen LogP contribution < -0.4 is 5.73 Å². The van der Waals surface area contributed by atoms with Crippen LogP contribution in [0.15, 0.2) is 24.5 Å². The Hall–Kier alpha value is -0.540. The molecule has 0 bridgehead atoms. The number of nitrogens with two attached hydrogens (primary N) is 1. The zero-order valence-electron chi connectivity index (χ0n) is 7.94. The smallest absolute Gasteiger partial charge is 0.0300 e. The van der Waals surface area contributed by atoms with Crippen molar-refractivity contribution >= 4 is 11.8 Å². The van der Waals surface area contributed by atoms with Gasteiger partial charge in [-0.05, 0) is 30.7 Å². The molecule has 0 aliphatic heterocycles. The third-order valence-corrected chi connectivity index (χ3v) is 2.89. The number of aromatic nitrogens is 1. The molecule has 0 aliphatic rings. The Morgan fingerprint density at radius 2 is 2.46 bits per heavy atom. The third kappa shape index (κ3) is 4.90. The Labute approximate surface area is 83.9 Å². The van der Waals surface area contributed by atoms with Crippen LogP contribution in [-0.2, 0) is 6.42 Å². The van der Waals surface area contributed by atoms with Gasteiger partial charge in [0.25, 0.3) is 0 Å². The molecule has 72 valence electrons. The summed E-state index contributed by atoms with van der Waals surface area (Å²) in [5, 5.41) is 0. The Bertz CT molecular complexity index is 224. The van der Waals surface area contributed by atoms with Gasteiger partial charge in [0.1, 0.15) is 0 Å². The Morgan fingerprint density at radius 3 is 3.08 bits per heavy atom. The number of aryl methyl sites for hydroxylation is 1. The van der Waals surface area contributed by atoms with E-state index in [9.17, 15) is 0 Å². The molecule has 13 heavy (non-hydrogen) atoms. The van der Waals surface area contributed by atoms with Crippen molar-refractivity contribution in [1.29, 1.82) is 0 Å². The molecule has 0 amide bonds. The first-order valence-electron chi connectivity index (χ1n) is 4.51. The van der Waals surface area contributed by atoms with Gasteiger partial charge in [0.2, 0.25) is 0 Å². The van der Waals surface area contributed by atoms with E-state index in [4.69, 9.17) is 5.73 Å². The molecule has 1 atom stereocenters. The minimum Gasteiger partial charge on any atom is -0.327 e. The van der Waals surface area contributed by atoms with Crippen LogP contribution >= 0.6 is 11.8 Å². The van der Waals surface area contributed by atoms with E-state index in [-0.39, 0.29) is 0 Å². The molecule has 1 heterocycles. The van der Waals surface area contributed by atoms with Crippen molar-refractivity contribution in [2.45, 2.75) is 19.4 Å². The maximum atomic E-state index is 5.64. The molecule has 2 N–H and O–H groups in total. The van der Waals surface area contributed by atoms with Crippen LogP contribution in [0.25, 0.3) is 0 Å². The van der Waals surface area contributed by atoms with Gasteiger partial charge < -0.3 is 5.73 Å². The van der Waals surface area contributed by atoms with E-state index in [0.29, 0.717) is 6.04 Å². The first-order valence-corrected chi connectivity index (χ1v) is 5.66. The highest BCUT2D eigenvalue weighted by molar-refractivity contribution is 7.99. The Morgan fingerprint density at radius 1 is 1.62 bits per heavy atom. The van der Waals surface area contributed by atoms with Gasteiger partial charge in [0.05, 0.1) is 0 Å². The molecule has 0 spiro atoms. The molecule has 0 aliphatic carbocycles. The van der Waals surface area contributed by atoms with Crippen molar-refractivity contribution in [1.82, 2.24) is 4.98 Å². The van der Waals surface area contributed by atoms with E-state index in [1.807, 2.05) is 30.9 Å². The second-order valence-electron chi connectivity index (χ2n) is 3.16. The summed E-state index contributed by atoms with van der Waals surface area (Å²) in [6, 6.07) is 4.39. The molecular weight excluding hydrogens is 180 g/mol. The van der Waals surface area contributed by atoms with Gasteiger partial charge >= 0.3 is 0 Å². The average Bonchev–Trinajstić information content (AvgIpc) is 2.14. The van der Waals surface area contributed by atoms with E-state index < -0.39 is 0 Å². The molecule has 1 rings (SSSR count). The molecule has 0 aromatic carbocycles. The molecular formula is C10H16N2S. The van der Waals surface area contributed by atoms with Crippen molar-refractivity contribution in [3.05, 3.63) is 30.1 Å². The van der Waals surface area contributed by atoms with E-state index >= 15 is 0 Å². The number of hydrogen-bond acceptors (Lipinski definition) is 3. The largest absolute Gasteiger partial charge is 0.327 e. The van der Waals surface area contributed by atoms with Crippen molar-refractivity contribution in [2.75, 3.05) is 11.5 Å². The lowest BCUT2D eigenvalue weighted by atomic mass is 10.2. The summed E-state index contributed by atoms with van der Waals surface area (Å²) >= 11 is 1.90. The molecule has 0 saturated carbocycles. The monoisotopic (exact) mass is 196 g/mol. The van der Waals surface area contributed by atoms with Crippen molar-refractivity contribution in [3.63, 3.8) is 0 Å². The average molecular weight is 196 g/mol. The predicted octanol–water partition coefficient (Wildman–Crippen LogP) is 1.70. The highest BCUT2D eigenvalue weighted by Gasteiger charge is 1.95. The van der Waals surface area contributed by atoms with Crippen LogP contribution in [0, 0.1) is 0 Å². The van der Waals surface area contributed by atoms with Crippen molar-refractivity contribution in [3.8, 4) is 0 Å². The summed E-state index contributed by atoms with van der Waals surface area (Å²) in [4.78, 5) is 4.06. The minimum absolute atomic E-state index is 0.305. The molecule has 1 aromatic heterocycles. The fourth-order valence-corrected chi connectivity index (χ4v) is 1.92. The number of rotatable bonds is 5. The van der Waals surface area contributed by atoms with Crippen LogP contribution in [-0.4, -0.2) is 22.5 Å². The molecule has 1 aromatic rings. The summed E-state index contributed by atoms with van der Waals surface area (Å²) in [7, 11) is 0. The van der Waals surface area contributed by atoms with Gasteiger partial charge in [-0.2, -0.15) is 11.8 Å². The van der Waals surface area contributed by atoms with Crippen LogP contribution in [0.3, 0.4) is 0 Å². The second kappa shape index (κ2) is 6.00. The van der Waals surface area contributed by atoms with E-state index in [1.54, 1.807) is 6.20 Å². The van der Waals surface area contributed by atoms with Crippen LogP contribution in [0.1, 0.15) is 12.5 Å². The van der Waals surface area contributed by atoms with Gasteiger partial charge in [-0.1, -0.05) is 6.07 Å². The van der Waals surface area contributed by atoms with Gasteiger partial charge in [0, 0.05) is 24.2 Å². The summed E-state index contributed by atoms with van der Waals surface area (Å²) in [6.07, 6.45) is 4.82. The first kappa shape index (κ1) is 10.5. The fraction of sp³-hybridized carbons (Fsp3) is 0.500.